The van der Waals surface area contributed by atoms with Gasteiger partial charge in [0.1, 0.15) is 12.7 Å². The number of rotatable bonds is 7. The van der Waals surface area contributed by atoms with Crippen LogP contribution in [0.25, 0.3) is 50.3 Å². The van der Waals surface area contributed by atoms with Crippen LogP contribution in [0.1, 0.15) is 0 Å². The van der Waals surface area contributed by atoms with Crippen LogP contribution in [-0.2, 0) is 0 Å². The van der Waals surface area contributed by atoms with Crippen molar-refractivity contribution in [3.8, 4) is 28.5 Å². The molecule has 0 aliphatic heterocycles. The second-order valence-electron chi connectivity index (χ2n) is 12.0. The summed E-state index contributed by atoms with van der Waals surface area (Å²) in [6.07, 6.45) is 6.80. The van der Waals surface area contributed by atoms with Crippen molar-refractivity contribution in [2.45, 2.75) is 13.6 Å². The molecule has 8 rings (SSSR count). The van der Waals surface area contributed by atoms with Gasteiger partial charge in [0.05, 0.1) is 22.4 Å². The molecule has 8 heteroatoms. The summed E-state index contributed by atoms with van der Waals surface area (Å²) >= 11 is 0. The molecule has 6 nitrogen and oxygen atoms in total. The third-order valence-corrected chi connectivity index (χ3v) is 9.19. The number of benzene rings is 4. The van der Waals surface area contributed by atoms with Gasteiger partial charge in [-0.15, -0.1) is 0 Å². The van der Waals surface area contributed by atoms with E-state index in [1.165, 1.54) is 21.9 Å². The third-order valence-electron chi connectivity index (χ3n) is 9.19. The molecule has 0 unspecified atom stereocenters. The van der Waals surface area contributed by atoms with Gasteiger partial charge in [-0.1, -0.05) is 120 Å². The quantitative estimate of drug-likeness (QED) is 0.223. The number of hydrogen-bond acceptors (Lipinski definition) is 5. The number of hydrogen-bond donors (Lipinski definition) is 0. The van der Waals surface area contributed by atoms with Crippen LogP contribution in [0.4, 0.5) is 0 Å². The van der Waals surface area contributed by atoms with E-state index < -0.39 is 0 Å². The Morgan fingerprint density at radius 1 is 0.468 bits per heavy atom. The maximum atomic E-state index is 4.60. The first-order valence-corrected chi connectivity index (χ1v) is 15.9. The van der Waals surface area contributed by atoms with E-state index in [2.05, 4.69) is 140 Å². The Balaban J connectivity index is 1.23. The van der Waals surface area contributed by atoms with Gasteiger partial charge in [-0.25, -0.2) is 15.0 Å². The van der Waals surface area contributed by atoms with E-state index in [1.54, 1.807) is 12.7 Å². The first-order valence-electron chi connectivity index (χ1n) is 15.9. The van der Waals surface area contributed by atoms with Crippen molar-refractivity contribution in [2.75, 3.05) is 0 Å². The van der Waals surface area contributed by atoms with Gasteiger partial charge >= 0.3 is 0 Å². The molecular weight excluding hydrogens is 574 g/mol. The lowest BCUT2D eigenvalue weighted by atomic mass is 9.42. The molecule has 8 aromatic rings. The standard InChI is InChI=1S/C39H30B2N6/c1-40(29-11-7-9-27(21-29)35-13-3-5-19-43-35)31-15-17-33-34-18-16-32(24-38(34)47(37(33)23-31)39-45-25-42-26-46-39)41(2)30-12-8-10-28(22-30)36-14-4-6-20-44-36/h3-26H,1-2H3. The minimum Gasteiger partial charge on any atom is -0.278 e. The van der Waals surface area contributed by atoms with Crippen LogP contribution in [0.15, 0.2) is 146 Å². The molecule has 0 bridgehead atoms. The van der Waals surface area contributed by atoms with Crippen molar-refractivity contribution in [2.24, 2.45) is 0 Å². The zero-order chi connectivity index (χ0) is 31.7. The number of pyridine rings is 2. The molecule has 0 radical (unpaired) electrons. The Bertz CT molecular complexity index is 2200. The monoisotopic (exact) mass is 604 g/mol. The normalized spacial score (nSPS) is 11.2. The largest absolute Gasteiger partial charge is 0.278 e. The highest BCUT2D eigenvalue weighted by Crippen LogP contribution is 2.30. The Kier molecular flexibility index (Phi) is 7.38. The minimum absolute atomic E-state index is 0.162. The molecule has 0 atom stereocenters. The lowest BCUT2D eigenvalue weighted by Gasteiger charge is -2.13. The lowest BCUT2D eigenvalue weighted by Crippen LogP contribution is -2.39. The van der Waals surface area contributed by atoms with E-state index in [0.717, 1.165) is 44.3 Å². The predicted molar refractivity (Wildman–Crippen MR) is 195 cm³/mol. The maximum Gasteiger partial charge on any atom is 0.237 e. The summed E-state index contributed by atoms with van der Waals surface area (Å²) in [7, 11) is 0. The topological polar surface area (TPSA) is 69.4 Å². The van der Waals surface area contributed by atoms with E-state index in [1.807, 2.05) is 36.7 Å². The number of aromatic nitrogens is 6. The second-order valence-corrected chi connectivity index (χ2v) is 12.0. The van der Waals surface area contributed by atoms with Gasteiger partial charge in [-0.2, -0.15) is 0 Å². The Labute approximate surface area is 274 Å². The van der Waals surface area contributed by atoms with Crippen molar-refractivity contribution < 1.29 is 0 Å². The van der Waals surface area contributed by atoms with Crippen LogP contribution in [0.2, 0.25) is 13.6 Å². The van der Waals surface area contributed by atoms with Gasteiger partial charge in [-0.3, -0.25) is 14.5 Å². The van der Waals surface area contributed by atoms with Gasteiger partial charge in [0.25, 0.3) is 0 Å². The van der Waals surface area contributed by atoms with Gasteiger partial charge in [0.15, 0.2) is 0 Å². The lowest BCUT2D eigenvalue weighted by molar-refractivity contribution is 0.940. The number of nitrogens with zero attached hydrogens (tertiary/aromatic N) is 6. The van der Waals surface area contributed by atoms with Crippen LogP contribution < -0.4 is 21.9 Å². The highest BCUT2D eigenvalue weighted by molar-refractivity contribution is 6.84. The molecule has 0 saturated heterocycles. The van der Waals surface area contributed by atoms with Crippen molar-refractivity contribution in [3.63, 3.8) is 0 Å². The summed E-state index contributed by atoms with van der Waals surface area (Å²) in [6.45, 7) is 4.84. The summed E-state index contributed by atoms with van der Waals surface area (Å²) < 4.78 is 2.17. The Hall–Kier alpha value is -5.88. The molecule has 0 saturated carbocycles. The van der Waals surface area contributed by atoms with Crippen LogP contribution in [0.3, 0.4) is 0 Å². The van der Waals surface area contributed by atoms with E-state index in [0.29, 0.717) is 5.95 Å². The van der Waals surface area contributed by atoms with E-state index >= 15 is 0 Å². The summed E-state index contributed by atoms with van der Waals surface area (Å²) in [6, 6.07) is 42.9. The van der Waals surface area contributed by atoms with Crippen LogP contribution in [0.5, 0.6) is 0 Å². The molecule has 0 amide bonds. The van der Waals surface area contributed by atoms with Gasteiger partial charge in [0.2, 0.25) is 19.4 Å². The SMILES string of the molecule is CB(c1cccc(-c2ccccn2)c1)c1ccc2c3ccc(B(C)c4cccc(-c5ccccn5)c4)cc3n(-c3ncncn3)c2c1. The molecule has 0 fully saturated rings. The van der Waals surface area contributed by atoms with Crippen molar-refractivity contribution in [1.82, 2.24) is 29.5 Å². The first-order chi connectivity index (χ1) is 23.1. The van der Waals surface area contributed by atoms with Crippen LogP contribution >= 0.6 is 0 Å². The molecule has 4 aromatic carbocycles. The van der Waals surface area contributed by atoms with Crippen molar-refractivity contribution >= 4 is 57.1 Å². The zero-order valence-corrected chi connectivity index (χ0v) is 26.2. The van der Waals surface area contributed by atoms with Crippen molar-refractivity contribution in [3.05, 3.63) is 146 Å². The van der Waals surface area contributed by atoms with E-state index in [-0.39, 0.29) is 13.4 Å². The molecular formula is C39H30B2N6. The van der Waals surface area contributed by atoms with E-state index in [9.17, 15) is 0 Å². The minimum atomic E-state index is 0.162. The molecule has 4 aromatic heterocycles. The average molecular weight is 604 g/mol. The zero-order valence-electron chi connectivity index (χ0n) is 26.2. The summed E-state index contributed by atoms with van der Waals surface area (Å²) in [4.78, 5) is 22.4. The molecule has 222 valence electrons. The Morgan fingerprint density at radius 3 is 1.43 bits per heavy atom. The first kappa shape index (κ1) is 28.6. The Morgan fingerprint density at radius 2 is 0.957 bits per heavy atom. The van der Waals surface area contributed by atoms with Gasteiger partial charge in [-0.05, 0) is 47.5 Å². The second kappa shape index (κ2) is 12.1. The summed E-state index contributed by atoms with van der Waals surface area (Å²) in [5, 5.41) is 2.32. The number of fused-ring (bicyclic) bond motifs is 3. The molecule has 0 spiro atoms. The molecule has 0 N–H and O–H groups in total. The van der Waals surface area contributed by atoms with Crippen LogP contribution in [0, 0.1) is 0 Å². The van der Waals surface area contributed by atoms with Crippen LogP contribution in [-0.4, -0.2) is 42.9 Å². The highest BCUT2D eigenvalue weighted by Gasteiger charge is 2.21. The average Bonchev–Trinajstić information content (AvgIpc) is 3.48. The van der Waals surface area contributed by atoms with Crippen molar-refractivity contribution in [1.29, 1.82) is 0 Å². The summed E-state index contributed by atoms with van der Waals surface area (Å²) in [5.74, 6) is 0.601. The molecule has 0 aliphatic rings. The fraction of sp³-hybridized carbons (Fsp3) is 0.0513. The maximum absolute atomic E-state index is 4.60. The predicted octanol–water partition coefficient (Wildman–Crippen LogP) is 5.57. The smallest absolute Gasteiger partial charge is 0.237 e. The molecule has 4 heterocycles. The molecule has 0 aliphatic carbocycles. The third kappa shape index (κ3) is 5.38. The van der Waals surface area contributed by atoms with Gasteiger partial charge < -0.3 is 0 Å². The van der Waals surface area contributed by atoms with E-state index in [4.69, 9.17) is 0 Å². The fourth-order valence-corrected chi connectivity index (χ4v) is 6.54. The van der Waals surface area contributed by atoms with Gasteiger partial charge in [0, 0.05) is 23.2 Å². The molecule has 47 heavy (non-hydrogen) atoms. The summed E-state index contributed by atoms with van der Waals surface area (Å²) in [5.41, 5.74) is 11.2. The fourth-order valence-electron chi connectivity index (χ4n) is 6.54. The highest BCUT2D eigenvalue weighted by atomic mass is 15.2.